The Kier molecular flexibility index (Phi) is 6.81. The maximum Gasteiger partial charge on any atom is 0.269 e. The van der Waals surface area contributed by atoms with Crippen LogP contribution in [0.4, 0.5) is 11.4 Å². The molecule has 1 aromatic carbocycles. The zero-order chi connectivity index (χ0) is 18.2. The van der Waals surface area contributed by atoms with Gasteiger partial charge in [0.1, 0.15) is 11.4 Å². The summed E-state index contributed by atoms with van der Waals surface area (Å²) < 4.78 is 5.80. The van der Waals surface area contributed by atoms with Gasteiger partial charge in [-0.05, 0) is 50.5 Å². The first-order chi connectivity index (χ1) is 12.0. The van der Waals surface area contributed by atoms with Crippen molar-refractivity contribution in [3.05, 3.63) is 48.3 Å². The molecule has 5 heteroatoms. The number of amides is 1. The third kappa shape index (κ3) is 6.10. The van der Waals surface area contributed by atoms with Crippen LogP contribution in [0.2, 0.25) is 0 Å². The fraction of sp³-hybridized carbons (Fsp3) is 0.400. The van der Waals surface area contributed by atoms with E-state index in [4.69, 9.17) is 4.74 Å². The molecule has 0 bridgehead atoms. The average molecular weight is 341 g/mol. The number of carbonyl (C=O) groups is 1. The van der Waals surface area contributed by atoms with E-state index in [1.807, 2.05) is 44.2 Å². The molecule has 2 N–H and O–H groups in total. The highest BCUT2D eigenvalue weighted by Gasteiger charge is 2.09. The quantitative estimate of drug-likeness (QED) is 0.747. The Bertz CT molecular complexity index is 682. The molecule has 0 saturated carbocycles. The van der Waals surface area contributed by atoms with Crippen LogP contribution < -0.4 is 15.4 Å². The minimum absolute atomic E-state index is 0.0954. The van der Waals surface area contributed by atoms with Gasteiger partial charge in [-0.2, -0.15) is 0 Å². The zero-order valence-electron chi connectivity index (χ0n) is 15.4. The molecule has 0 unspecified atom stereocenters. The molecule has 0 aliphatic rings. The summed E-state index contributed by atoms with van der Waals surface area (Å²) in [6.45, 7) is 8.91. The Balaban J connectivity index is 2.00. The average Bonchev–Trinajstić information content (AvgIpc) is 2.56. The van der Waals surface area contributed by atoms with Crippen molar-refractivity contribution in [2.24, 2.45) is 5.92 Å². The number of carbonyl (C=O) groups excluding carboxylic acids is 1. The number of hydrogen-bond donors (Lipinski definition) is 2. The van der Waals surface area contributed by atoms with E-state index in [1.54, 1.807) is 12.3 Å². The van der Waals surface area contributed by atoms with Crippen LogP contribution in [-0.4, -0.2) is 23.5 Å². The van der Waals surface area contributed by atoms with E-state index in [0.717, 1.165) is 23.5 Å². The number of nitrogens with one attached hydrogen (secondary N) is 2. The Hall–Kier alpha value is -2.56. The molecule has 134 valence electrons. The molecule has 1 amide bonds. The van der Waals surface area contributed by atoms with Crippen LogP contribution in [0.15, 0.2) is 42.6 Å². The van der Waals surface area contributed by atoms with Crippen molar-refractivity contribution in [2.75, 3.05) is 11.9 Å². The van der Waals surface area contributed by atoms with Gasteiger partial charge in [-0.15, -0.1) is 0 Å². The van der Waals surface area contributed by atoms with Gasteiger partial charge in [0.2, 0.25) is 0 Å². The molecule has 5 nitrogen and oxygen atoms in total. The van der Waals surface area contributed by atoms with Crippen LogP contribution in [0.25, 0.3) is 0 Å². The van der Waals surface area contributed by atoms with E-state index >= 15 is 0 Å². The molecular formula is C20H27N3O2. The molecule has 0 aliphatic carbocycles. The van der Waals surface area contributed by atoms with E-state index in [-0.39, 0.29) is 12.0 Å². The Morgan fingerprint density at radius 3 is 2.52 bits per heavy atom. The van der Waals surface area contributed by atoms with Gasteiger partial charge in [0, 0.05) is 6.54 Å². The van der Waals surface area contributed by atoms with E-state index in [9.17, 15) is 4.79 Å². The molecule has 25 heavy (non-hydrogen) atoms. The lowest BCUT2D eigenvalue weighted by Crippen LogP contribution is -2.26. The predicted octanol–water partition coefficient (Wildman–Crippen LogP) is 4.39. The highest BCUT2D eigenvalue weighted by atomic mass is 16.5. The SMILES string of the molecule is CC(C)CCNC(=O)c1ccc(Nc2ccccc2OC(C)C)cn1. The van der Waals surface area contributed by atoms with Crippen molar-refractivity contribution in [3.8, 4) is 5.75 Å². The zero-order valence-corrected chi connectivity index (χ0v) is 15.4. The van der Waals surface area contributed by atoms with E-state index in [2.05, 4.69) is 29.5 Å². The fourth-order valence-electron chi connectivity index (χ4n) is 2.25. The molecule has 2 aromatic rings. The van der Waals surface area contributed by atoms with Crippen molar-refractivity contribution < 1.29 is 9.53 Å². The Labute approximate surface area is 149 Å². The summed E-state index contributed by atoms with van der Waals surface area (Å²) in [5, 5.41) is 6.17. The first-order valence-electron chi connectivity index (χ1n) is 8.72. The van der Waals surface area contributed by atoms with Crippen molar-refractivity contribution >= 4 is 17.3 Å². The second kappa shape index (κ2) is 9.06. The molecule has 0 fully saturated rings. The largest absolute Gasteiger partial charge is 0.489 e. The lowest BCUT2D eigenvalue weighted by molar-refractivity contribution is 0.0947. The molecule has 0 aliphatic heterocycles. The Morgan fingerprint density at radius 1 is 1.12 bits per heavy atom. The first-order valence-corrected chi connectivity index (χ1v) is 8.72. The van der Waals surface area contributed by atoms with Gasteiger partial charge in [-0.25, -0.2) is 4.98 Å². The topological polar surface area (TPSA) is 63.2 Å². The van der Waals surface area contributed by atoms with Gasteiger partial charge < -0.3 is 15.4 Å². The number of nitrogens with zero attached hydrogens (tertiary/aromatic N) is 1. The monoisotopic (exact) mass is 341 g/mol. The first kappa shape index (κ1) is 18.8. The third-order valence-corrected chi connectivity index (χ3v) is 3.53. The number of hydrogen-bond acceptors (Lipinski definition) is 4. The summed E-state index contributed by atoms with van der Waals surface area (Å²) >= 11 is 0. The number of ether oxygens (including phenoxy) is 1. The number of rotatable bonds is 8. The number of anilines is 2. The summed E-state index contributed by atoms with van der Waals surface area (Å²) in [6, 6.07) is 11.3. The molecule has 0 saturated heterocycles. The summed E-state index contributed by atoms with van der Waals surface area (Å²) in [5.74, 6) is 1.21. The maximum atomic E-state index is 12.1. The molecule has 0 spiro atoms. The summed E-state index contributed by atoms with van der Waals surface area (Å²) in [6.07, 6.45) is 2.71. The summed E-state index contributed by atoms with van der Waals surface area (Å²) in [4.78, 5) is 16.3. The predicted molar refractivity (Wildman–Crippen MR) is 102 cm³/mol. The number of pyridine rings is 1. The van der Waals surface area contributed by atoms with Gasteiger partial charge >= 0.3 is 0 Å². The van der Waals surface area contributed by atoms with Crippen LogP contribution >= 0.6 is 0 Å². The van der Waals surface area contributed by atoms with Crippen molar-refractivity contribution in [3.63, 3.8) is 0 Å². The highest BCUT2D eigenvalue weighted by Crippen LogP contribution is 2.27. The Morgan fingerprint density at radius 2 is 1.88 bits per heavy atom. The molecule has 1 aromatic heterocycles. The van der Waals surface area contributed by atoms with Crippen LogP contribution in [0, 0.1) is 5.92 Å². The lowest BCUT2D eigenvalue weighted by atomic mass is 10.1. The molecule has 2 rings (SSSR count). The fourth-order valence-corrected chi connectivity index (χ4v) is 2.25. The van der Waals surface area contributed by atoms with Crippen molar-refractivity contribution in [2.45, 2.75) is 40.2 Å². The standard InChI is InChI=1S/C20H27N3O2/c1-14(2)11-12-21-20(24)18-10-9-16(13-22-18)23-17-7-5-6-8-19(17)25-15(3)4/h5-10,13-15,23H,11-12H2,1-4H3,(H,21,24). The second-order valence-electron chi connectivity index (χ2n) is 6.66. The number of para-hydroxylation sites is 2. The summed E-state index contributed by atoms with van der Waals surface area (Å²) in [7, 11) is 0. The van der Waals surface area contributed by atoms with E-state index in [0.29, 0.717) is 18.2 Å². The van der Waals surface area contributed by atoms with E-state index in [1.165, 1.54) is 0 Å². The lowest BCUT2D eigenvalue weighted by Gasteiger charge is -2.15. The summed E-state index contributed by atoms with van der Waals surface area (Å²) in [5.41, 5.74) is 2.09. The van der Waals surface area contributed by atoms with Gasteiger partial charge in [0.25, 0.3) is 5.91 Å². The van der Waals surface area contributed by atoms with Crippen LogP contribution in [0.3, 0.4) is 0 Å². The van der Waals surface area contributed by atoms with Crippen LogP contribution in [0.5, 0.6) is 5.75 Å². The number of benzene rings is 1. The third-order valence-electron chi connectivity index (χ3n) is 3.53. The van der Waals surface area contributed by atoms with Gasteiger partial charge in [0.05, 0.1) is 23.7 Å². The molecule has 0 atom stereocenters. The normalized spacial score (nSPS) is 10.8. The number of aromatic nitrogens is 1. The molecule has 0 radical (unpaired) electrons. The minimum atomic E-state index is -0.143. The van der Waals surface area contributed by atoms with Gasteiger partial charge in [-0.3, -0.25) is 4.79 Å². The van der Waals surface area contributed by atoms with Crippen molar-refractivity contribution in [1.82, 2.24) is 10.3 Å². The van der Waals surface area contributed by atoms with Gasteiger partial charge in [0.15, 0.2) is 0 Å². The maximum absolute atomic E-state index is 12.1. The van der Waals surface area contributed by atoms with Gasteiger partial charge in [-0.1, -0.05) is 26.0 Å². The van der Waals surface area contributed by atoms with Crippen molar-refractivity contribution in [1.29, 1.82) is 0 Å². The van der Waals surface area contributed by atoms with Crippen LogP contribution in [-0.2, 0) is 0 Å². The van der Waals surface area contributed by atoms with Crippen LogP contribution in [0.1, 0.15) is 44.6 Å². The smallest absolute Gasteiger partial charge is 0.269 e. The highest BCUT2D eigenvalue weighted by molar-refractivity contribution is 5.92. The second-order valence-corrected chi connectivity index (χ2v) is 6.66. The molecule has 1 heterocycles. The minimum Gasteiger partial charge on any atom is -0.489 e. The molecular weight excluding hydrogens is 314 g/mol. The van der Waals surface area contributed by atoms with E-state index < -0.39 is 0 Å².